The molecule has 1 aliphatic heterocycles. The molecule has 0 spiro atoms. The Morgan fingerprint density at radius 2 is 1.80 bits per heavy atom. The maximum Gasteiger partial charge on any atom is 0.0237 e. The fourth-order valence-corrected chi connectivity index (χ4v) is 2.86. The highest BCUT2D eigenvalue weighted by Gasteiger charge is 2.26. The van der Waals surface area contributed by atoms with Crippen molar-refractivity contribution in [2.24, 2.45) is 5.92 Å². The minimum atomic E-state index is 0.618. The Morgan fingerprint density at radius 1 is 1.15 bits per heavy atom. The Hall–Kier alpha value is -0.860. The van der Waals surface area contributed by atoms with Crippen LogP contribution in [0.1, 0.15) is 51.7 Å². The molecule has 1 N–H and O–H groups in total. The molecular weight excluding hydrogens is 244 g/mol. The summed E-state index contributed by atoms with van der Waals surface area (Å²) >= 11 is 0. The van der Waals surface area contributed by atoms with Crippen molar-refractivity contribution in [3.8, 4) is 0 Å². The first-order valence-electron chi connectivity index (χ1n) is 8.03. The molecule has 0 amide bonds. The number of hydrogen-bond acceptors (Lipinski definition) is 2. The van der Waals surface area contributed by atoms with Crippen molar-refractivity contribution in [3.05, 3.63) is 35.4 Å². The maximum atomic E-state index is 3.67. The number of nitrogens with one attached hydrogen (secondary N) is 1. The van der Waals surface area contributed by atoms with Crippen LogP contribution < -0.4 is 5.32 Å². The predicted molar refractivity (Wildman–Crippen MR) is 87.0 cm³/mol. The van der Waals surface area contributed by atoms with Crippen LogP contribution in [0.2, 0.25) is 0 Å². The Balaban J connectivity index is 2.00. The smallest absolute Gasteiger partial charge is 0.0237 e. The Morgan fingerprint density at radius 3 is 2.35 bits per heavy atom. The largest absolute Gasteiger partial charge is 0.311 e. The predicted octanol–water partition coefficient (Wildman–Crippen LogP) is 3.63. The lowest BCUT2D eigenvalue weighted by molar-refractivity contribution is 0.116. The molecule has 1 aromatic carbocycles. The van der Waals surface area contributed by atoms with Crippen molar-refractivity contribution in [1.82, 2.24) is 10.2 Å². The van der Waals surface area contributed by atoms with Gasteiger partial charge in [0.1, 0.15) is 0 Å². The molecule has 0 bridgehead atoms. The van der Waals surface area contributed by atoms with Crippen LogP contribution in [-0.2, 0) is 6.54 Å². The van der Waals surface area contributed by atoms with Gasteiger partial charge in [-0.25, -0.2) is 0 Å². The Labute approximate surface area is 124 Å². The van der Waals surface area contributed by atoms with E-state index in [1.165, 1.54) is 11.1 Å². The van der Waals surface area contributed by atoms with E-state index in [-0.39, 0.29) is 0 Å². The summed E-state index contributed by atoms with van der Waals surface area (Å²) in [4.78, 5) is 2.62. The monoisotopic (exact) mass is 274 g/mol. The van der Waals surface area contributed by atoms with E-state index in [9.17, 15) is 0 Å². The average Bonchev–Trinajstić information content (AvgIpc) is 2.41. The molecule has 1 aliphatic rings. The van der Waals surface area contributed by atoms with Gasteiger partial charge >= 0.3 is 0 Å². The molecule has 1 aromatic rings. The van der Waals surface area contributed by atoms with Gasteiger partial charge < -0.3 is 5.32 Å². The van der Waals surface area contributed by atoms with Crippen LogP contribution in [0.4, 0.5) is 0 Å². The van der Waals surface area contributed by atoms with Crippen LogP contribution in [0.15, 0.2) is 24.3 Å². The van der Waals surface area contributed by atoms with Crippen molar-refractivity contribution in [3.63, 3.8) is 0 Å². The normalized spacial score (nSPS) is 24.6. The van der Waals surface area contributed by atoms with E-state index in [0.717, 1.165) is 19.6 Å². The lowest BCUT2D eigenvalue weighted by atomic mass is 9.98. The third kappa shape index (κ3) is 3.83. The minimum Gasteiger partial charge on any atom is -0.311 e. The van der Waals surface area contributed by atoms with Gasteiger partial charge in [0.25, 0.3) is 0 Å². The van der Waals surface area contributed by atoms with Crippen LogP contribution in [0.5, 0.6) is 0 Å². The molecule has 1 fully saturated rings. The van der Waals surface area contributed by atoms with E-state index in [1.807, 2.05) is 0 Å². The first kappa shape index (κ1) is 15.5. The molecule has 2 rings (SSSR count). The summed E-state index contributed by atoms with van der Waals surface area (Å²) in [6.45, 7) is 14.8. The first-order chi connectivity index (χ1) is 9.47. The quantitative estimate of drug-likeness (QED) is 0.902. The average molecular weight is 274 g/mol. The van der Waals surface area contributed by atoms with Gasteiger partial charge in [-0.1, -0.05) is 52.0 Å². The number of piperazine rings is 1. The van der Waals surface area contributed by atoms with E-state index >= 15 is 0 Å². The highest BCUT2D eigenvalue weighted by molar-refractivity contribution is 5.24. The van der Waals surface area contributed by atoms with Gasteiger partial charge in [0.2, 0.25) is 0 Å². The second-order valence-corrected chi connectivity index (χ2v) is 6.93. The van der Waals surface area contributed by atoms with Gasteiger partial charge in [-0.15, -0.1) is 0 Å². The summed E-state index contributed by atoms with van der Waals surface area (Å²) in [6.07, 6.45) is 0. The third-order valence-corrected chi connectivity index (χ3v) is 4.57. The highest BCUT2D eigenvalue weighted by atomic mass is 15.2. The van der Waals surface area contributed by atoms with E-state index in [2.05, 4.69) is 69.1 Å². The zero-order valence-electron chi connectivity index (χ0n) is 13.7. The van der Waals surface area contributed by atoms with Crippen molar-refractivity contribution in [1.29, 1.82) is 0 Å². The number of rotatable bonds is 4. The van der Waals surface area contributed by atoms with E-state index < -0.39 is 0 Å². The van der Waals surface area contributed by atoms with Crippen LogP contribution in [0.25, 0.3) is 0 Å². The summed E-state index contributed by atoms with van der Waals surface area (Å²) in [6, 6.07) is 10.4. The maximum absolute atomic E-state index is 3.67. The van der Waals surface area contributed by atoms with E-state index in [0.29, 0.717) is 23.9 Å². The van der Waals surface area contributed by atoms with Crippen LogP contribution in [0.3, 0.4) is 0 Å². The van der Waals surface area contributed by atoms with Crippen molar-refractivity contribution in [2.45, 2.75) is 59.2 Å². The van der Waals surface area contributed by atoms with Crippen LogP contribution >= 0.6 is 0 Å². The van der Waals surface area contributed by atoms with Crippen LogP contribution in [0, 0.1) is 5.92 Å². The molecular formula is C18H30N2. The Kier molecular flexibility index (Phi) is 5.22. The van der Waals surface area contributed by atoms with Crippen molar-refractivity contribution in [2.75, 3.05) is 13.1 Å². The SMILES string of the molecule is CC(C)c1ccc(CN2CC(C(C)C)NCC2C)cc1. The molecule has 2 nitrogen and oxygen atoms in total. The topological polar surface area (TPSA) is 15.3 Å². The van der Waals surface area contributed by atoms with Gasteiger partial charge in [0.15, 0.2) is 0 Å². The van der Waals surface area contributed by atoms with Crippen LogP contribution in [-0.4, -0.2) is 30.1 Å². The summed E-state index contributed by atoms with van der Waals surface area (Å²) < 4.78 is 0. The number of nitrogens with zero attached hydrogens (tertiary/aromatic N) is 1. The van der Waals surface area contributed by atoms with Crippen molar-refractivity contribution < 1.29 is 0 Å². The lowest BCUT2D eigenvalue weighted by Crippen LogP contribution is -2.56. The first-order valence-corrected chi connectivity index (χ1v) is 8.03. The zero-order chi connectivity index (χ0) is 14.7. The summed E-state index contributed by atoms with van der Waals surface area (Å²) in [7, 11) is 0. The minimum absolute atomic E-state index is 0.618. The summed E-state index contributed by atoms with van der Waals surface area (Å²) in [5.74, 6) is 1.32. The second-order valence-electron chi connectivity index (χ2n) is 6.93. The van der Waals surface area contributed by atoms with E-state index in [1.54, 1.807) is 0 Å². The standard InChI is InChI=1S/C18H30N2/c1-13(2)17-8-6-16(7-9-17)11-20-12-18(14(3)4)19-10-15(20)5/h6-9,13-15,18-19H,10-12H2,1-5H3. The molecule has 1 heterocycles. The molecule has 0 radical (unpaired) electrons. The Bertz CT molecular complexity index is 408. The third-order valence-electron chi connectivity index (χ3n) is 4.57. The molecule has 2 heteroatoms. The van der Waals surface area contributed by atoms with Gasteiger partial charge in [-0.05, 0) is 29.9 Å². The lowest BCUT2D eigenvalue weighted by Gasteiger charge is -2.40. The molecule has 20 heavy (non-hydrogen) atoms. The summed E-state index contributed by atoms with van der Waals surface area (Å²) in [5, 5.41) is 3.67. The fourth-order valence-electron chi connectivity index (χ4n) is 2.86. The molecule has 0 saturated carbocycles. The molecule has 0 aliphatic carbocycles. The van der Waals surface area contributed by atoms with Gasteiger partial charge in [-0.3, -0.25) is 4.90 Å². The zero-order valence-corrected chi connectivity index (χ0v) is 13.7. The summed E-state index contributed by atoms with van der Waals surface area (Å²) in [5.41, 5.74) is 2.87. The fraction of sp³-hybridized carbons (Fsp3) is 0.667. The number of hydrogen-bond donors (Lipinski definition) is 1. The molecule has 0 aromatic heterocycles. The van der Waals surface area contributed by atoms with Gasteiger partial charge in [0.05, 0.1) is 0 Å². The molecule has 2 unspecified atom stereocenters. The highest BCUT2D eigenvalue weighted by Crippen LogP contribution is 2.18. The van der Waals surface area contributed by atoms with Crippen molar-refractivity contribution >= 4 is 0 Å². The van der Waals surface area contributed by atoms with E-state index in [4.69, 9.17) is 0 Å². The van der Waals surface area contributed by atoms with Gasteiger partial charge in [0, 0.05) is 31.7 Å². The molecule has 1 saturated heterocycles. The number of benzene rings is 1. The molecule has 112 valence electrons. The van der Waals surface area contributed by atoms with Gasteiger partial charge in [-0.2, -0.15) is 0 Å². The second kappa shape index (κ2) is 6.73. The molecule has 2 atom stereocenters.